The van der Waals surface area contributed by atoms with E-state index in [9.17, 15) is 9.59 Å². The van der Waals surface area contributed by atoms with Crippen LogP contribution < -0.4 is 8.69 Å². The molecule has 0 fully saturated rings. The summed E-state index contributed by atoms with van der Waals surface area (Å²) in [4.78, 5) is 20.2. The Morgan fingerprint density at radius 2 is 1.44 bits per heavy atom. The Balaban J connectivity index is 3.47. The quantitative estimate of drug-likeness (QED) is 0.506. The van der Waals surface area contributed by atoms with Crippen LogP contribution in [-0.4, -0.2) is 12.2 Å². The minimum absolute atomic E-state index is 0.882. The summed E-state index contributed by atoms with van der Waals surface area (Å²) in [5.41, 5.74) is 0. The number of nitrogens with one attached hydrogen (secondary N) is 2. The van der Waals surface area contributed by atoms with E-state index in [4.69, 9.17) is 0 Å². The van der Waals surface area contributed by atoms with Crippen molar-refractivity contribution in [1.82, 2.24) is 8.69 Å². The molecular formula is C2H2Br2N2O3. The van der Waals surface area contributed by atoms with Gasteiger partial charge < -0.3 is 4.74 Å². The first kappa shape index (κ1) is 8.70. The van der Waals surface area contributed by atoms with E-state index >= 15 is 0 Å². The van der Waals surface area contributed by atoms with Gasteiger partial charge in [-0.3, -0.25) is 8.69 Å². The predicted molar refractivity (Wildman–Crippen MR) is 36.0 cm³/mol. The summed E-state index contributed by atoms with van der Waals surface area (Å²) in [6.07, 6.45) is -1.76. The molecule has 0 atom stereocenters. The molecule has 0 rings (SSSR count). The lowest BCUT2D eigenvalue weighted by Gasteiger charge is -1.95. The van der Waals surface area contributed by atoms with Crippen LogP contribution >= 0.6 is 32.3 Å². The van der Waals surface area contributed by atoms with Gasteiger partial charge in [-0.2, -0.15) is 0 Å². The average Bonchev–Trinajstić information content (AvgIpc) is 1.87. The fourth-order valence-corrected chi connectivity index (χ4v) is 0.285. The van der Waals surface area contributed by atoms with E-state index in [0.717, 1.165) is 0 Å². The number of carbonyl (C=O) groups excluding carboxylic acids is 2. The van der Waals surface area contributed by atoms with Crippen molar-refractivity contribution in [2.75, 3.05) is 0 Å². The van der Waals surface area contributed by atoms with E-state index in [0.29, 0.717) is 0 Å². The second-order valence-electron chi connectivity index (χ2n) is 0.866. The van der Waals surface area contributed by atoms with Crippen molar-refractivity contribution in [3.63, 3.8) is 0 Å². The minimum atomic E-state index is -0.882. The lowest BCUT2D eigenvalue weighted by molar-refractivity contribution is 0.160. The van der Waals surface area contributed by atoms with Gasteiger partial charge in [0.25, 0.3) is 0 Å². The van der Waals surface area contributed by atoms with Crippen LogP contribution in [0.3, 0.4) is 0 Å². The van der Waals surface area contributed by atoms with Gasteiger partial charge in [0.2, 0.25) is 0 Å². The van der Waals surface area contributed by atoms with Crippen LogP contribution in [0.1, 0.15) is 0 Å². The summed E-state index contributed by atoms with van der Waals surface area (Å²) in [5, 5.41) is 0. The number of hydrogen-bond donors (Lipinski definition) is 2. The van der Waals surface area contributed by atoms with Gasteiger partial charge in [0.1, 0.15) is 0 Å². The highest BCUT2D eigenvalue weighted by Crippen LogP contribution is 1.83. The third kappa shape index (κ3) is 4.22. The summed E-state index contributed by atoms with van der Waals surface area (Å²) in [7, 11) is 0. The Hall–Kier alpha value is -0.300. The Bertz CT molecular complexity index is 113. The van der Waals surface area contributed by atoms with Gasteiger partial charge in [-0.25, -0.2) is 9.59 Å². The van der Waals surface area contributed by atoms with E-state index < -0.39 is 12.2 Å². The molecule has 0 saturated carbocycles. The summed E-state index contributed by atoms with van der Waals surface area (Å²) < 4.78 is 7.75. The molecule has 5 nitrogen and oxygen atoms in total. The molecule has 0 saturated heterocycles. The second kappa shape index (κ2) is 4.57. The van der Waals surface area contributed by atoms with E-state index in [1.807, 2.05) is 8.69 Å². The van der Waals surface area contributed by atoms with Crippen molar-refractivity contribution in [1.29, 1.82) is 0 Å². The Morgan fingerprint density at radius 1 is 1.11 bits per heavy atom. The van der Waals surface area contributed by atoms with Crippen molar-refractivity contribution in [3.8, 4) is 0 Å². The maximum atomic E-state index is 10.1. The van der Waals surface area contributed by atoms with Crippen LogP contribution in [0, 0.1) is 0 Å². The Kier molecular flexibility index (Phi) is 4.41. The predicted octanol–water partition coefficient (Wildman–Crippen LogP) is 1.04. The van der Waals surface area contributed by atoms with Crippen LogP contribution in [0.2, 0.25) is 0 Å². The normalized spacial score (nSPS) is 7.78. The van der Waals surface area contributed by atoms with Crippen molar-refractivity contribution < 1.29 is 14.3 Å². The number of hydrogen-bond acceptors (Lipinski definition) is 3. The molecule has 0 aliphatic rings. The van der Waals surface area contributed by atoms with Crippen molar-refractivity contribution in [2.24, 2.45) is 0 Å². The topological polar surface area (TPSA) is 67.4 Å². The monoisotopic (exact) mass is 260 g/mol. The molecule has 0 spiro atoms. The SMILES string of the molecule is O=C(NBr)OC(=O)NBr. The summed E-state index contributed by atoms with van der Waals surface area (Å²) >= 11 is 5.11. The Labute approximate surface area is 67.8 Å². The summed E-state index contributed by atoms with van der Waals surface area (Å²) in [5.74, 6) is 0. The smallest absolute Gasteiger partial charge is 0.358 e. The number of carbonyl (C=O) groups is 2. The van der Waals surface area contributed by atoms with E-state index in [1.165, 1.54) is 0 Å². The number of ether oxygens (including phenoxy) is 1. The highest BCUT2D eigenvalue weighted by Gasteiger charge is 2.04. The molecule has 0 aromatic carbocycles. The van der Waals surface area contributed by atoms with Crippen LogP contribution in [0.5, 0.6) is 0 Å². The molecule has 0 heterocycles. The van der Waals surface area contributed by atoms with Crippen molar-refractivity contribution >= 4 is 44.5 Å². The van der Waals surface area contributed by atoms with Crippen molar-refractivity contribution in [2.45, 2.75) is 0 Å². The molecule has 0 unspecified atom stereocenters. The number of amides is 2. The van der Waals surface area contributed by atoms with Gasteiger partial charge in [0, 0.05) is 0 Å². The molecular weight excluding hydrogens is 260 g/mol. The zero-order valence-electron chi connectivity index (χ0n) is 3.98. The maximum absolute atomic E-state index is 10.1. The molecule has 2 N–H and O–H groups in total. The molecule has 7 heteroatoms. The second-order valence-corrected chi connectivity index (χ2v) is 1.66. The molecule has 2 amide bonds. The highest BCUT2D eigenvalue weighted by molar-refractivity contribution is 9.08. The molecule has 52 valence electrons. The molecule has 0 radical (unpaired) electrons. The average molecular weight is 262 g/mol. The fourth-order valence-electron chi connectivity index (χ4n) is 0.123. The van der Waals surface area contributed by atoms with E-state index in [-0.39, 0.29) is 0 Å². The number of rotatable bonds is 0. The molecule has 0 aliphatic carbocycles. The van der Waals surface area contributed by atoms with E-state index in [1.54, 1.807) is 0 Å². The van der Waals surface area contributed by atoms with Gasteiger partial charge in [-0.05, 0) is 0 Å². The van der Waals surface area contributed by atoms with Gasteiger partial charge in [0.15, 0.2) is 0 Å². The van der Waals surface area contributed by atoms with Crippen LogP contribution in [-0.2, 0) is 4.74 Å². The molecule has 0 aromatic rings. The van der Waals surface area contributed by atoms with Gasteiger partial charge in [-0.1, -0.05) is 0 Å². The maximum Gasteiger partial charge on any atom is 0.426 e. The number of halogens is 2. The van der Waals surface area contributed by atoms with Gasteiger partial charge >= 0.3 is 12.2 Å². The first-order valence-corrected chi connectivity index (χ1v) is 3.28. The van der Waals surface area contributed by atoms with Crippen LogP contribution in [0.25, 0.3) is 0 Å². The minimum Gasteiger partial charge on any atom is -0.358 e. The zero-order chi connectivity index (χ0) is 7.28. The van der Waals surface area contributed by atoms with E-state index in [2.05, 4.69) is 37.0 Å². The summed E-state index contributed by atoms with van der Waals surface area (Å²) in [6.45, 7) is 0. The summed E-state index contributed by atoms with van der Waals surface area (Å²) in [6, 6.07) is 0. The Morgan fingerprint density at radius 3 is 1.67 bits per heavy atom. The first-order chi connectivity index (χ1) is 4.20. The van der Waals surface area contributed by atoms with Gasteiger partial charge in [0.05, 0.1) is 32.3 Å². The standard InChI is InChI=1S/C2H2Br2N2O3/c3-5-1(7)9-2(8)6-4/h(H,5,7)(H,6,8). The lowest BCUT2D eigenvalue weighted by atomic mass is 11.1. The third-order valence-corrected chi connectivity index (χ3v) is 0.987. The third-order valence-electron chi connectivity index (χ3n) is 0.340. The van der Waals surface area contributed by atoms with Crippen molar-refractivity contribution in [3.05, 3.63) is 0 Å². The van der Waals surface area contributed by atoms with Crippen LogP contribution in [0.15, 0.2) is 0 Å². The fraction of sp³-hybridized carbons (Fsp3) is 0. The molecule has 0 aromatic heterocycles. The molecule has 0 bridgehead atoms. The largest absolute Gasteiger partial charge is 0.426 e. The molecule has 0 aliphatic heterocycles. The first-order valence-electron chi connectivity index (χ1n) is 1.69. The molecule has 9 heavy (non-hydrogen) atoms. The van der Waals surface area contributed by atoms with Crippen LogP contribution in [0.4, 0.5) is 9.59 Å². The lowest BCUT2D eigenvalue weighted by Crippen LogP contribution is -2.23. The highest BCUT2D eigenvalue weighted by atomic mass is 79.9. The van der Waals surface area contributed by atoms with Gasteiger partial charge in [-0.15, -0.1) is 0 Å². The zero-order valence-corrected chi connectivity index (χ0v) is 7.15.